The zero-order chi connectivity index (χ0) is 29.1. The summed E-state index contributed by atoms with van der Waals surface area (Å²) in [5.41, 5.74) is 2.81. The molecule has 0 bridgehead atoms. The van der Waals surface area contributed by atoms with E-state index in [4.69, 9.17) is 32.7 Å². The van der Waals surface area contributed by atoms with E-state index in [1.54, 1.807) is 70.4 Å². The summed E-state index contributed by atoms with van der Waals surface area (Å²) in [5.74, 6) is 0.458. The van der Waals surface area contributed by atoms with Gasteiger partial charge in [0.1, 0.15) is 0 Å². The lowest BCUT2D eigenvalue weighted by Gasteiger charge is -2.19. The first-order chi connectivity index (χ1) is 19.1. The molecule has 0 unspecified atom stereocenters. The summed E-state index contributed by atoms with van der Waals surface area (Å²) in [6.45, 7) is 5.18. The zero-order valence-corrected chi connectivity index (χ0v) is 23.7. The molecule has 14 heteroatoms. The van der Waals surface area contributed by atoms with Crippen molar-refractivity contribution in [3.8, 4) is 5.88 Å². The molecular weight excluding hydrogens is 545 g/mol. The molecule has 216 valence electrons. The second-order valence-electron chi connectivity index (χ2n) is 8.81. The number of hydrogen-bond acceptors (Lipinski definition) is 13. The summed E-state index contributed by atoms with van der Waals surface area (Å²) in [4.78, 5) is 31.9. The second kappa shape index (κ2) is 14.5. The monoisotopic (exact) mass is 577 g/mol. The Kier molecular flexibility index (Phi) is 11.1. The fraction of sp³-hybridized carbons (Fsp3) is 0.385. The largest absolute Gasteiger partial charge is 0.510 e. The number of aromatic nitrogens is 2. The van der Waals surface area contributed by atoms with Gasteiger partial charge in [-0.15, -0.1) is 0 Å². The molecule has 0 atom stereocenters. The van der Waals surface area contributed by atoms with Crippen LogP contribution in [0.15, 0.2) is 48.8 Å². The van der Waals surface area contributed by atoms with Gasteiger partial charge >= 0.3 is 19.9 Å². The number of anilines is 2. The van der Waals surface area contributed by atoms with Crippen LogP contribution < -0.4 is 10.1 Å². The smallest absolute Gasteiger partial charge is 0.481 e. The van der Waals surface area contributed by atoms with Gasteiger partial charge in [0.05, 0.1) is 36.7 Å². The number of hydrogen-bond donors (Lipinski definition) is 1. The maximum absolute atomic E-state index is 13.4. The molecule has 1 aromatic carbocycles. The Balaban J connectivity index is 1.67. The number of carbonyl (C=O) groups excluding carboxylic acids is 2. The number of nitrogens with zero attached hydrogens (tertiary/aromatic N) is 2. The first kappa shape index (κ1) is 30.6. The summed E-state index contributed by atoms with van der Waals surface area (Å²) in [6, 6.07) is 10.5. The first-order valence-electron chi connectivity index (χ1n) is 12.3. The molecule has 1 N–H and O–H groups in total. The van der Waals surface area contributed by atoms with Crippen molar-refractivity contribution in [1.82, 2.24) is 9.97 Å². The molecule has 0 aliphatic rings. The number of rotatable bonds is 13. The summed E-state index contributed by atoms with van der Waals surface area (Å²) in [6.07, 6.45) is 0.319. The van der Waals surface area contributed by atoms with Crippen LogP contribution in [-0.2, 0) is 38.7 Å². The lowest BCUT2D eigenvalue weighted by molar-refractivity contribution is -0.0304. The number of nitrogens with one attached hydrogen (secondary N) is 1. The average Bonchev–Trinajstić information content (AvgIpc) is 2.88. The Bertz CT molecular complexity index is 1300. The van der Waals surface area contributed by atoms with Gasteiger partial charge in [-0.1, -0.05) is 12.1 Å². The lowest BCUT2D eigenvalue weighted by atomic mass is 10.2. The quantitative estimate of drug-likeness (QED) is 0.140. The van der Waals surface area contributed by atoms with Crippen molar-refractivity contribution in [2.24, 2.45) is 0 Å². The van der Waals surface area contributed by atoms with E-state index >= 15 is 0 Å². The Morgan fingerprint density at radius 1 is 0.900 bits per heavy atom. The van der Waals surface area contributed by atoms with E-state index in [-0.39, 0.29) is 6.16 Å². The summed E-state index contributed by atoms with van der Waals surface area (Å²) >= 11 is 0. The van der Waals surface area contributed by atoms with Crippen LogP contribution >= 0.6 is 7.60 Å². The van der Waals surface area contributed by atoms with E-state index < -0.39 is 45.7 Å². The van der Waals surface area contributed by atoms with E-state index in [1.807, 2.05) is 6.07 Å². The van der Waals surface area contributed by atoms with Crippen molar-refractivity contribution in [1.29, 1.82) is 0 Å². The molecule has 13 nitrogen and oxygen atoms in total. The van der Waals surface area contributed by atoms with Crippen LogP contribution in [0.3, 0.4) is 0 Å². The third-order valence-electron chi connectivity index (χ3n) is 4.94. The Labute approximate surface area is 231 Å². The van der Waals surface area contributed by atoms with E-state index in [0.29, 0.717) is 17.0 Å². The second-order valence-corrected chi connectivity index (χ2v) is 10.9. The number of ether oxygens (including phenoxy) is 5. The van der Waals surface area contributed by atoms with Gasteiger partial charge < -0.3 is 29.0 Å². The molecule has 0 aliphatic carbocycles. The van der Waals surface area contributed by atoms with Crippen molar-refractivity contribution in [3.63, 3.8) is 0 Å². The molecular formula is C26H32N3O10P. The summed E-state index contributed by atoms with van der Waals surface area (Å²) in [7, 11) is -2.42. The van der Waals surface area contributed by atoms with Gasteiger partial charge in [-0.25, -0.2) is 14.6 Å². The van der Waals surface area contributed by atoms with Crippen LogP contribution in [0.25, 0.3) is 10.9 Å². The van der Waals surface area contributed by atoms with E-state index in [2.05, 4.69) is 15.3 Å². The molecule has 3 aromatic rings. The van der Waals surface area contributed by atoms with Gasteiger partial charge in [-0.3, -0.25) is 18.6 Å². The fourth-order valence-electron chi connectivity index (χ4n) is 3.21. The van der Waals surface area contributed by atoms with Crippen LogP contribution in [0.1, 0.15) is 33.3 Å². The molecule has 0 spiro atoms. The first-order valence-corrected chi connectivity index (χ1v) is 14.0. The van der Waals surface area contributed by atoms with Crippen molar-refractivity contribution < 1.29 is 46.9 Å². The minimum absolute atomic E-state index is 0.208. The highest BCUT2D eigenvalue weighted by Crippen LogP contribution is 2.51. The van der Waals surface area contributed by atoms with Crippen molar-refractivity contribution in [2.75, 3.05) is 26.0 Å². The predicted octanol–water partition coefficient (Wildman–Crippen LogP) is 6.15. The lowest BCUT2D eigenvalue weighted by Crippen LogP contribution is -2.16. The van der Waals surface area contributed by atoms with Crippen molar-refractivity contribution in [3.05, 3.63) is 54.4 Å². The van der Waals surface area contributed by atoms with Gasteiger partial charge in [-0.05, 0) is 51.5 Å². The highest BCUT2D eigenvalue weighted by Gasteiger charge is 2.27. The average molecular weight is 578 g/mol. The fourth-order valence-corrected chi connectivity index (χ4v) is 4.55. The number of pyridine rings is 2. The minimum Gasteiger partial charge on any atom is -0.481 e. The number of fused-ring (bicyclic) bond motifs is 1. The van der Waals surface area contributed by atoms with E-state index in [9.17, 15) is 14.2 Å². The highest BCUT2D eigenvalue weighted by atomic mass is 31.2. The molecule has 0 radical (unpaired) electrons. The molecule has 40 heavy (non-hydrogen) atoms. The number of carbonyl (C=O) groups is 2. The van der Waals surface area contributed by atoms with Gasteiger partial charge in [0.2, 0.25) is 19.5 Å². The SMILES string of the molecule is COc1cc2nccc(Nc3ccc(CP(=O)(OCOC(=O)OC(C)C)OCOC(=O)OC(C)C)cc3)c2cn1. The molecule has 0 saturated heterocycles. The normalized spacial score (nSPS) is 11.4. The van der Waals surface area contributed by atoms with Crippen molar-refractivity contribution in [2.45, 2.75) is 46.1 Å². The van der Waals surface area contributed by atoms with Crippen molar-refractivity contribution >= 4 is 42.2 Å². The minimum atomic E-state index is -3.96. The van der Waals surface area contributed by atoms with Crippen LogP contribution in [0.5, 0.6) is 5.88 Å². The van der Waals surface area contributed by atoms with Crippen LogP contribution in [0.4, 0.5) is 21.0 Å². The summed E-state index contributed by atoms with van der Waals surface area (Å²) in [5, 5.41) is 4.10. The maximum Gasteiger partial charge on any atom is 0.510 e. The molecule has 0 fully saturated rings. The molecule has 2 heterocycles. The van der Waals surface area contributed by atoms with Crippen LogP contribution in [0.2, 0.25) is 0 Å². The van der Waals surface area contributed by atoms with Gasteiger partial charge in [0.15, 0.2) is 0 Å². The third-order valence-corrected chi connectivity index (χ3v) is 6.69. The topological polar surface area (TPSA) is 154 Å². The highest BCUT2D eigenvalue weighted by molar-refractivity contribution is 7.53. The molecule has 2 aromatic heterocycles. The van der Waals surface area contributed by atoms with Gasteiger partial charge in [0, 0.05) is 29.5 Å². The van der Waals surface area contributed by atoms with E-state index in [1.165, 1.54) is 7.11 Å². The Morgan fingerprint density at radius 2 is 1.50 bits per heavy atom. The predicted molar refractivity (Wildman–Crippen MR) is 144 cm³/mol. The molecule has 0 saturated carbocycles. The van der Waals surface area contributed by atoms with Gasteiger partial charge in [0.25, 0.3) is 0 Å². The van der Waals surface area contributed by atoms with Crippen LogP contribution in [0, 0.1) is 0 Å². The number of benzene rings is 1. The Hall–Kier alpha value is -3.93. The third kappa shape index (κ3) is 9.67. The summed E-state index contributed by atoms with van der Waals surface area (Å²) < 4.78 is 48.5. The molecule has 3 rings (SSSR count). The van der Waals surface area contributed by atoms with Crippen LogP contribution in [-0.4, -0.2) is 55.2 Å². The Morgan fingerprint density at radius 3 is 2.05 bits per heavy atom. The molecule has 0 aliphatic heterocycles. The maximum atomic E-state index is 13.4. The van der Waals surface area contributed by atoms with E-state index in [0.717, 1.165) is 16.8 Å². The standard InChI is InChI=1S/C26H32N3O10P/c1-17(2)38-25(30)34-15-36-40(32,37-16-35-26(31)39-18(3)4)14-19-6-8-20(9-7-19)29-22-10-11-27-23-12-24(33-5)28-13-21(22)23/h6-13,17-18H,14-16H2,1-5H3,(H,27,29). The van der Waals surface area contributed by atoms with Gasteiger partial charge in [-0.2, -0.15) is 0 Å². The number of methoxy groups -OCH3 is 1. The molecule has 0 amide bonds. The zero-order valence-electron chi connectivity index (χ0n) is 22.8.